The number of rotatable bonds is 0. The first kappa shape index (κ1) is 9.49. The normalized spacial score (nSPS) is 7.73. The minimum Gasteiger partial charge on any atom is -0.465 e. The summed E-state index contributed by atoms with van der Waals surface area (Å²) < 4.78 is 0. The molecule has 1 aromatic rings. The Hall–Kier alpha value is -1.51. The number of benzene rings is 1. The molecular weight excluding hydrogens is 142 g/mol. The third-order valence-corrected chi connectivity index (χ3v) is 0.940. The Morgan fingerprint density at radius 3 is 1.91 bits per heavy atom. The zero-order valence-electron chi connectivity index (χ0n) is 6.32. The molecule has 0 unspecified atom stereocenters. The van der Waals surface area contributed by atoms with Crippen LogP contribution in [0.2, 0.25) is 0 Å². The van der Waals surface area contributed by atoms with E-state index in [9.17, 15) is 0 Å². The van der Waals surface area contributed by atoms with Gasteiger partial charge in [-0.15, -0.1) is 0 Å². The standard InChI is InChI=1S/C7H8.CH3NO2/c1-7-5-3-2-4-6-7;2-1(3)4/h2-6H,1H3;2H2,(H,3,4). The Labute approximate surface area is 65.5 Å². The lowest BCUT2D eigenvalue weighted by Gasteiger charge is -1.82. The van der Waals surface area contributed by atoms with Gasteiger partial charge in [0.05, 0.1) is 0 Å². The van der Waals surface area contributed by atoms with Crippen molar-refractivity contribution in [2.45, 2.75) is 6.92 Å². The number of carboxylic acid groups (broad SMARTS) is 1. The van der Waals surface area contributed by atoms with Crippen LogP contribution in [-0.4, -0.2) is 11.2 Å². The second kappa shape index (κ2) is 5.29. The van der Waals surface area contributed by atoms with Crippen LogP contribution in [0.4, 0.5) is 4.79 Å². The predicted molar refractivity (Wildman–Crippen MR) is 43.4 cm³/mol. The van der Waals surface area contributed by atoms with Gasteiger partial charge >= 0.3 is 6.09 Å². The highest BCUT2D eigenvalue weighted by Crippen LogP contribution is 1.92. The van der Waals surface area contributed by atoms with Crippen molar-refractivity contribution in [3.8, 4) is 0 Å². The number of primary amides is 1. The molecule has 0 aromatic heterocycles. The lowest BCUT2D eigenvalue weighted by molar-refractivity contribution is 0.205. The highest BCUT2D eigenvalue weighted by Gasteiger charge is 1.72. The van der Waals surface area contributed by atoms with Gasteiger partial charge in [0, 0.05) is 0 Å². The van der Waals surface area contributed by atoms with Gasteiger partial charge in [0.2, 0.25) is 0 Å². The fraction of sp³-hybridized carbons (Fsp3) is 0.125. The lowest BCUT2D eigenvalue weighted by atomic mass is 10.2. The quantitative estimate of drug-likeness (QED) is 0.594. The van der Waals surface area contributed by atoms with E-state index in [0.29, 0.717) is 0 Å². The zero-order chi connectivity index (χ0) is 8.69. The summed E-state index contributed by atoms with van der Waals surface area (Å²) in [4.78, 5) is 8.78. The van der Waals surface area contributed by atoms with Gasteiger partial charge < -0.3 is 10.8 Å². The molecule has 0 aliphatic heterocycles. The molecule has 0 radical (unpaired) electrons. The molecule has 0 aliphatic carbocycles. The molecule has 11 heavy (non-hydrogen) atoms. The van der Waals surface area contributed by atoms with E-state index in [1.54, 1.807) is 0 Å². The van der Waals surface area contributed by atoms with E-state index in [-0.39, 0.29) is 0 Å². The van der Waals surface area contributed by atoms with Crippen molar-refractivity contribution in [3.05, 3.63) is 35.9 Å². The smallest absolute Gasteiger partial charge is 0.402 e. The predicted octanol–water partition coefficient (Wildman–Crippen LogP) is 1.62. The van der Waals surface area contributed by atoms with Crippen LogP contribution < -0.4 is 5.73 Å². The van der Waals surface area contributed by atoms with Crippen LogP contribution >= 0.6 is 0 Å². The van der Waals surface area contributed by atoms with Gasteiger partial charge in [0.1, 0.15) is 0 Å². The van der Waals surface area contributed by atoms with E-state index >= 15 is 0 Å². The molecule has 0 heterocycles. The van der Waals surface area contributed by atoms with Crippen molar-refractivity contribution in [2.24, 2.45) is 5.73 Å². The van der Waals surface area contributed by atoms with Crippen molar-refractivity contribution < 1.29 is 9.90 Å². The van der Waals surface area contributed by atoms with Crippen LogP contribution in [-0.2, 0) is 0 Å². The molecule has 0 saturated carbocycles. The summed E-state index contributed by atoms with van der Waals surface area (Å²) in [5, 5.41) is 7.19. The van der Waals surface area contributed by atoms with Crippen LogP contribution in [0.3, 0.4) is 0 Å². The van der Waals surface area contributed by atoms with E-state index in [1.807, 2.05) is 18.2 Å². The Kier molecular flexibility index (Phi) is 4.56. The van der Waals surface area contributed by atoms with Gasteiger partial charge in [-0.3, -0.25) is 0 Å². The molecule has 3 nitrogen and oxygen atoms in total. The first-order chi connectivity index (χ1) is 5.13. The maximum atomic E-state index is 8.78. The molecule has 0 saturated heterocycles. The van der Waals surface area contributed by atoms with Crippen molar-refractivity contribution in [3.63, 3.8) is 0 Å². The Morgan fingerprint density at radius 1 is 1.36 bits per heavy atom. The van der Waals surface area contributed by atoms with Gasteiger partial charge in [-0.25, -0.2) is 4.79 Å². The average molecular weight is 153 g/mol. The SMILES string of the molecule is Cc1ccccc1.NC(=O)O. The highest BCUT2D eigenvalue weighted by atomic mass is 16.4. The van der Waals surface area contributed by atoms with Gasteiger partial charge in [0.15, 0.2) is 0 Å². The van der Waals surface area contributed by atoms with Gasteiger partial charge in [0.25, 0.3) is 0 Å². The number of aryl methyl sites for hydroxylation is 1. The van der Waals surface area contributed by atoms with E-state index in [4.69, 9.17) is 9.90 Å². The van der Waals surface area contributed by atoms with Crippen molar-refractivity contribution in [2.75, 3.05) is 0 Å². The van der Waals surface area contributed by atoms with E-state index < -0.39 is 6.09 Å². The van der Waals surface area contributed by atoms with Gasteiger partial charge in [-0.05, 0) is 6.92 Å². The number of carbonyl (C=O) groups is 1. The minimum absolute atomic E-state index is 1.32. The molecule has 3 N–H and O–H groups in total. The number of amides is 1. The van der Waals surface area contributed by atoms with Crippen molar-refractivity contribution >= 4 is 6.09 Å². The molecule has 60 valence electrons. The van der Waals surface area contributed by atoms with Crippen LogP contribution in [0.5, 0.6) is 0 Å². The van der Waals surface area contributed by atoms with Gasteiger partial charge in [-0.1, -0.05) is 35.9 Å². The summed E-state index contributed by atoms with van der Waals surface area (Å²) in [7, 11) is 0. The summed E-state index contributed by atoms with van der Waals surface area (Å²) in [6.07, 6.45) is -1.33. The third kappa shape index (κ3) is 8.49. The molecule has 1 amide bonds. The van der Waals surface area contributed by atoms with Gasteiger partial charge in [-0.2, -0.15) is 0 Å². The summed E-state index contributed by atoms with van der Waals surface area (Å²) >= 11 is 0. The van der Waals surface area contributed by atoms with E-state index in [0.717, 1.165) is 0 Å². The molecule has 1 rings (SSSR count). The summed E-state index contributed by atoms with van der Waals surface area (Å²) in [5.74, 6) is 0. The number of hydrogen-bond acceptors (Lipinski definition) is 1. The first-order valence-electron chi connectivity index (χ1n) is 3.13. The van der Waals surface area contributed by atoms with E-state index in [1.165, 1.54) is 5.56 Å². The average Bonchev–Trinajstić information content (AvgIpc) is 1.87. The second-order valence-electron chi connectivity index (χ2n) is 1.99. The summed E-state index contributed by atoms with van der Waals surface area (Å²) in [5.41, 5.74) is 5.35. The number of hydrogen-bond donors (Lipinski definition) is 2. The van der Waals surface area contributed by atoms with Crippen LogP contribution in [0, 0.1) is 6.92 Å². The minimum atomic E-state index is -1.33. The molecule has 0 fully saturated rings. The topological polar surface area (TPSA) is 63.3 Å². The first-order valence-corrected chi connectivity index (χ1v) is 3.13. The van der Waals surface area contributed by atoms with Crippen LogP contribution in [0.15, 0.2) is 30.3 Å². The molecule has 1 aromatic carbocycles. The maximum absolute atomic E-state index is 8.78. The van der Waals surface area contributed by atoms with Crippen LogP contribution in [0.25, 0.3) is 0 Å². The van der Waals surface area contributed by atoms with E-state index in [2.05, 4.69) is 24.8 Å². The van der Waals surface area contributed by atoms with Crippen molar-refractivity contribution in [1.29, 1.82) is 0 Å². The Bertz CT molecular complexity index is 205. The summed E-state index contributed by atoms with van der Waals surface area (Å²) in [6, 6.07) is 10.3. The fourth-order valence-corrected chi connectivity index (χ4v) is 0.534. The number of nitrogens with two attached hydrogens (primary N) is 1. The fourth-order valence-electron chi connectivity index (χ4n) is 0.534. The lowest BCUT2D eigenvalue weighted by Crippen LogP contribution is -2.03. The third-order valence-electron chi connectivity index (χ3n) is 0.940. The molecule has 0 bridgehead atoms. The molecule has 3 heteroatoms. The molecule has 0 atom stereocenters. The Balaban J connectivity index is 0.000000218. The second-order valence-corrected chi connectivity index (χ2v) is 1.99. The van der Waals surface area contributed by atoms with Crippen LogP contribution in [0.1, 0.15) is 5.56 Å². The highest BCUT2D eigenvalue weighted by molar-refractivity contribution is 5.61. The molecule has 0 spiro atoms. The Morgan fingerprint density at radius 2 is 1.73 bits per heavy atom. The monoisotopic (exact) mass is 153 g/mol. The molecule has 0 aliphatic rings. The summed E-state index contributed by atoms with van der Waals surface area (Å²) in [6.45, 7) is 2.08. The zero-order valence-corrected chi connectivity index (χ0v) is 6.32. The maximum Gasteiger partial charge on any atom is 0.402 e. The largest absolute Gasteiger partial charge is 0.465 e. The molecular formula is C8H11NO2. The van der Waals surface area contributed by atoms with Crippen molar-refractivity contribution in [1.82, 2.24) is 0 Å².